The molecule has 1 amide bonds. The van der Waals surface area contributed by atoms with Gasteiger partial charge >= 0.3 is 0 Å². The van der Waals surface area contributed by atoms with Crippen LogP contribution in [-0.4, -0.2) is 47.0 Å². The molecule has 0 saturated carbocycles. The van der Waals surface area contributed by atoms with Crippen molar-refractivity contribution >= 4 is 17.3 Å². The second-order valence-electron chi connectivity index (χ2n) is 6.21. The minimum absolute atomic E-state index is 0. The van der Waals surface area contributed by atoms with Crippen LogP contribution in [0.3, 0.4) is 0 Å². The number of carbonyl (C=O) groups excluding carboxylic acids is 1. The standard InChI is InChI=1S/C18H17N3O7.CH4/c1-27-15-2-4-16(5-3-15)28-17-6-7-19(11-17)18(22)12-8-13(20(23)24)10-14(9-12)21(25)26;/h2-5,8-10,17H,6-7,11H2,1H3;1H4/t17-;/m1./s1. The highest BCUT2D eigenvalue weighted by atomic mass is 16.6. The van der Waals surface area contributed by atoms with Gasteiger partial charge in [-0.1, -0.05) is 7.43 Å². The number of carbonyl (C=O) groups is 1. The molecule has 29 heavy (non-hydrogen) atoms. The lowest BCUT2D eigenvalue weighted by atomic mass is 10.1. The first kappa shape index (κ1) is 21.6. The Morgan fingerprint density at radius 3 is 2.10 bits per heavy atom. The van der Waals surface area contributed by atoms with E-state index in [4.69, 9.17) is 9.47 Å². The van der Waals surface area contributed by atoms with Gasteiger partial charge in [0.2, 0.25) is 0 Å². The quantitative estimate of drug-likeness (QED) is 0.534. The van der Waals surface area contributed by atoms with Crippen molar-refractivity contribution in [2.45, 2.75) is 20.0 Å². The number of hydrogen-bond acceptors (Lipinski definition) is 7. The molecule has 1 aliphatic rings. The van der Waals surface area contributed by atoms with Gasteiger partial charge in [-0.05, 0) is 24.3 Å². The second-order valence-corrected chi connectivity index (χ2v) is 6.21. The number of non-ortho nitro benzene ring substituents is 2. The lowest BCUT2D eigenvalue weighted by molar-refractivity contribution is -0.394. The van der Waals surface area contributed by atoms with Crippen LogP contribution in [0.4, 0.5) is 11.4 Å². The molecule has 2 aromatic carbocycles. The first-order valence-electron chi connectivity index (χ1n) is 8.41. The number of rotatable bonds is 6. The van der Waals surface area contributed by atoms with Gasteiger partial charge in [-0.25, -0.2) is 0 Å². The van der Waals surface area contributed by atoms with E-state index in [1.54, 1.807) is 31.4 Å². The summed E-state index contributed by atoms with van der Waals surface area (Å²) in [5, 5.41) is 22.0. The zero-order valence-electron chi connectivity index (χ0n) is 14.9. The number of ether oxygens (including phenoxy) is 2. The third-order valence-electron chi connectivity index (χ3n) is 4.37. The molecule has 10 nitrogen and oxygen atoms in total. The van der Waals surface area contributed by atoms with Crippen LogP contribution in [0.25, 0.3) is 0 Å². The van der Waals surface area contributed by atoms with Crippen molar-refractivity contribution in [1.82, 2.24) is 4.90 Å². The summed E-state index contributed by atoms with van der Waals surface area (Å²) in [5.74, 6) is 0.821. The van der Waals surface area contributed by atoms with Crippen LogP contribution < -0.4 is 9.47 Å². The summed E-state index contributed by atoms with van der Waals surface area (Å²) in [6.07, 6.45) is 0.334. The zero-order chi connectivity index (χ0) is 20.3. The van der Waals surface area contributed by atoms with Crippen molar-refractivity contribution < 1.29 is 24.1 Å². The van der Waals surface area contributed by atoms with Gasteiger partial charge in [0.25, 0.3) is 17.3 Å². The Morgan fingerprint density at radius 2 is 1.59 bits per heavy atom. The average Bonchev–Trinajstić information content (AvgIpc) is 3.16. The molecule has 0 N–H and O–H groups in total. The molecular weight excluding hydrogens is 382 g/mol. The van der Waals surface area contributed by atoms with E-state index in [9.17, 15) is 25.0 Å². The number of nitro groups is 2. The summed E-state index contributed by atoms with van der Waals surface area (Å²) in [4.78, 5) is 34.6. The van der Waals surface area contributed by atoms with E-state index in [2.05, 4.69) is 0 Å². The molecule has 1 heterocycles. The normalized spacial score (nSPS) is 15.3. The molecule has 0 radical (unpaired) electrons. The summed E-state index contributed by atoms with van der Waals surface area (Å²) in [5.41, 5.74) is -1.09. The zero-order valence-corrected chi connectivity index (χ0v) is 14.9. The topological polar surface area (TPSA) is 125 Å². The van der Waals surface area contributed by atoms with E-state index in [0.717, 1.165) is 18.2 Å². The molecule has 0 spiro atoms. The van der Waals surface area contributed by atoms with Crippen LogP contribution in [-0.2, 0) is 0 Å². The van der Waals surface area contributed by atoms with E-state index >= 15 is 0 Å². The van der Waals surface area contributed by atoms with Gasteiger partial charge in [0, 0.05) is 25.1 Å². The van der Waals surface area contributed by atoms with E-state index in [0.29, 0.717) is 24.5 Å². The fraction of sp³-hybridized carbons (Fsp3) is 0.316. The lowest BCUT2D eigenvalue weighted by Crippen LogP contribution is -2.31. The summed E-state index contributed by atoms with van der Waals surface area (Å²) in [6.45, 7) is 0.664. The minimum atomic E-state index is -0.761. The number of methoxy groups -OCH3 is 1. The fourth-order valence-corrected chi connectivity index (χ4v) is 2.97. The first-order valence-corrected chi connectivity index (χ1v) is 8.41. The Hall–Kier alpha value is -3.69. The molecule has 3 rings (SSSR count). The highest BCUT2D eigenvalue weighted by Gasteiger charge is 2.30. The Balaban J connectivity index is 0.00000300. The van der Waals surface area contributed by atoms with E-state index < -0.39 is 27.1 Å². The molecule has 154 valence electrons. The maximum atomic E-state index is 12.7. The van der Waals surface area contributed by atoms with Crippen molar-refractivity contribution in [3.8, 4) is 11.5 Å². The molecule has 0 aliphatic carbocycles. The summed E-state index contributed by atoms with van der Waals surface area (Å²) in [7, 11) is 1.56. The molecular formula is C19H21N3O7. The van der Waals surface area contributed by atoms with Gasteiger partial charge < -0.3 is 14.4 Å². The largest absolute Gasteiger partial charge is 0.497 e. The summed E-state index contributed by atoms with van der Waals surface area (Å²) in [6, 6.07) is 9.96. The molecule has 10 heteroatoms. The molecule has 1 atom stereocenters. The van der Waals surface area contributed by atoms with Crippen molar-refractivity contribution in [3.05, 3.63) is 68.3 Å². The van der Waals surface area contributed by atoms with Crippen molar-refractivity contribution in [2.75, 3.05) is 20.2 Å². The average molecular weight is 403 g/mol. The van der Waals surface area contributed by atoms with E-state index in [-0.39, 0.29) is 25.6 Å². The molecule has 1 saturated heterocycles. The van der Waals surface area contributed by atoms with Crippen LogP contribution in [0.15, 0.2) is 42.5 Å². The van der Waals surface area contributed by atoms with E-state index in [1.807, 2.05) is 0 Å². The second kappa shape index (κ2) is 9.00. The van der Waals surface area contributed by atoms with Crippen molar-refractivity contribution in [1.29, 1.82) is 0 Å². The molecule has 0 unspecified atom stereocenters. The number of nitrogens with zero attached hydrogens (tertiary/aromatic N) is 3. The Kier molecular flexibility index (Phi) is 6.71. The number of benzene rings is 2. The van der Waals surface area contributed by atoms with Crippen LogP contribution in [0, 0.1) is 20.2 Å². The Bertz CT molecular complexity index is 882. The number of hydrogen-bond donors (Lipinski definition) is 0. The van der Waals surface area contributed by atoms with Gasteiger partial charge in [0.05, 0.1) is 35.1 Å². The maximum Gasteiger partial charge on any atom is 0.277 e. The van der Waals surface area contributed by atoms with E-state index in [1.165, 1.54) is 4.90 Å². The van der Waals surface area contributed by atoms with Gasteiger partial charge in [-0.3, -0.25) is 25.0 Å². The van der Waals surface area contributed by atoms with Crippen LogP contribution >= 0.6 is 0 Å². The highest BCUT2D eigenvalue weighted by molar-refractivity contribution is 5.95. The van der Waals surface area contributed by atoms with Crippen LogP contribution in [0.2, 0.25) is 0 Å². The Labute approximate surface area is 166 Å². The summed E-state index contributed by atoms with van der Waals surface area (Å²) < 4.78 is 10.9. The van der Waals surface area contributed by atoms with Gasteiger partial charge in [-0.15, -0.1) is 0 Å². The summed E-state index contributed by atoms with van der Waals surface area (Å²) >= 11 is 0. The van der Waals surface area contributed by atoms with Crippen LogP contribution in [0.1, 0.15) is 24.2 Å². The predicted octanol–water partition coefficient (Wildman–Crippen LogP) is 3.44. The fourth-order valence-electron chi connectivity index (χ4n) is 2.97. The van der Waals surface area contributed by atoms with Gasteiger partial charge in [-0.2, -0.15) is 0 Å². The monoisotopic (exact) mass is 403 g/mol. The lowest BCUT2D eigenvalue weighted by Gasteiger charge is -2.17. The third kappa shape index (κ3) is 4.98. The third-order valence-corrected chi connectivity index (χ3v) is 4.37. The van der Waals surface area contributed by atoms with Crippen LogP contribution in [0.5, 0.6) is 11.5 Å². The number of likely N-dealkylation sites (tertiary alicyclic amines) is 1. The van der Waals surface area contributed by atoms with Gasteiger partial charge in [0.15, 0.2) is 0 Å². The SMILES string of the molecule is C.COc1ccc(O[C@@H]2CCN(C(=O)c3cc([N+](=O)[O-])cc([N+](=O)[O-])c3)C2)cc1. The van der Waals surface area contributed by atoms with Crippen molar-refractivity contribution in [2.24, 2.45) is 0 Å². The molecule has 2 aromatic rings. The number of amides is 1. The molecule has 0 aromatic heterocycles. The molecule has 1 fully saturated rings. The maximum absolute atomic E-state index is 12.7. The molecule has 0 bridgehead atoms. The predicted molar refractivity (Wildman–Crippen MR) is 104 cm³/mol. The van der Waals surface area contributed by atoms with Crippen molar-refractivity contribution in [3.63, 3.8) is 0 Å². The van der Waals surface area contributed by atoms with Gasteiger partial charge in [0.1, 0.15) is 17.6 Å². The highest BCUT2D eigenvalue weighted by Crippen LogP contribution is 2.26. The minimum Gasteiger partial charge on any atom is -0.497 e. The Morgan fingerprint density at radius 1 is 1.03 bits per heavy atom. The number of nitro benzene ring substituents is 2. The smallest absolute Gasteiger partial charge is 0.277 e. The first-order chi connectivity index (χ1) is 13.4. The molecule has 1 aliphatic heterocycles.